The number of fused-ring (bicyclic) bond motifs is 1. The summed E-state index contributed by atoms with van der Waals surface area (Å²) >= 11 is 0. The van der Waals surface area contributed by atoms with E-state index in [1.54, 1.807) is 11.0 Å². The number of rotatable bonds is 3. The number of amides is 1. The molecule has 0 spiro atoms. The van der Waals surface area contributed by atoms with Gasteiger partial charge in [0.15, 0.2) is 0 Å². The highest BCUT2D eigenvalue weighted by Gasteiger charge is 2.26. The lowest BCUT2D eigenvalue weighted by Gasteiger charge is -2.32. The van der Waals surface area contributed by atoms with Gasteiger partial charge in [-0.2, -0.15) is 0 Å². The van der Waals surface area contributed by atoms with E-state index < -0.39 is 12.1 Å². The summed E-state index contributed by atoms with van der Waals surface area (Å²) in [7, 11) is 0. The van der Waals surface area contributed by atoms with Crippen LogP contribution in [-0.2, 0) is 9.53 Å². The number of hydrogen-bond donors (Lipinski definition) is 2. The molecule has 1 fully saturated rings. The van der Waals surface area contributed by atoms with Crippen LogP contribution in [0.15, 0.2) is 30.5 Å². The maximum absolute atomic E-state index is 12.5. The molecule has 1 saturated heterocycles. The van der Waals surface area contributed by atoms with Crippen LogP contribution in [0, 0.1) is 0 Å². The van der Waals surface area contributed by atoms with Crippen LogP contribution in [0.25, 0.3) is 10.9 Å². The molecule has 2 aromatic rings. The Bertz CT molecular complexity index is 679. The number of carbonyl (C=O) groups is 2. The van der Waals surface area contributed by atoms with Gasteiger partial charge in [0.1, 0.15) is 0 Å². The standard InChI is InChI=1S/C15H16N2O4/c18-14(19)8-12-9-17(5-6-21-12)15(20)11-2-1-10-3-4-16-13(10)7-11/h1-4,7,12,16H,5-6,8-9H2,(H,18,19)/t12-/m1/s1. The molecule has 0 bridgehead atoms. The Morgan fingerprint density at radius 1 is 1.38 bits per heavy atom. The van der Waals surface area contributed by atoms with E-state index in [1.165, 1.54) is 0 Å². The summed E-state index contributed by atoms with van der Waals surface area (Å²) in [5, 5.41) is 9.87. The highest BCUT2D eigenvalue weighted by Crippen LogP contribution is 2.17. The molecule has 3 rings (SSSR count). The van der Waals surface area contributed by atoms with Crippen LogP contribution in [0.3, 0.4) is 0 Å². The minimum absolute atomic E-state index is 0.0839. The molecule has 2 N–H and O–H groups in total. The van der Waals surface area contributed by atoms with Gasteiger partial charge in [-0.15, -0.1) is 0 Å². The lowest BCUT2D eigenvalue weighted by molar-refractivity contribution is -0.141. The molecule has 0 saturated carbocycles. The number of nitrogens with one attached hydrogen (secondary N) is 1. The third kappa shape index (κ3) is 2.90. The first-order chi connectivity index (χ1) is 10.1. The van der Waals surface area contributed by atoms with Crippen molar-refractivity contribution in [1.82, 2.24) is 9.88 Å². The van der Waals surface area contributed by atoms with Gasteiger partial charge < -0.3 is 19.7 Å². The van der Waals surface area contributed by atoms with E-state index in [0.29, 0.717) is 25.3 Å². The molecule has 6 nitrogen and oxygen atoms in total. The number of nitrogens with zero attached hydrogens (tertiary/aromatic N) is 1. The normalized spacial score (nSPS) is 18.9. The Labute approximate surface area is 121 Å². The SMILES string of the molecule is O=C(O)C[C@@H]1CN(C(=O)c2ccc3cc[nH]c3c2)CCO1. The van der Waals surface area contributed by atoms with Crippen molar-refractivity contribution in [3.8, 4) is 0 Å². The molecule has 21 heavy (non-hydrogen) atoms. The smallest absolute Gasteiger partial charge is 0.306 e. The van der Waals surface area contributed by atoms with Gasteiger partial charge in [0.2, 0.25) is 0 Å². The molecular weight excluding hydrogens is 272 g/mol. The zero-order valence-corrected chi connectivity index (χ0v) is 11.4. The number of carboxylic acids is 1. The van der Waals surface area contributed by atoms with Gasteiger partial charge in [-0.25, -0.2) is 0 Å². The molecule has 1 aliphatic heterocycles. The van der Waals surface area contributed by atoms with Crippen molar-refractivity contribution in [3.05, 3.63) is 36.0 Å². The molecule has 0 unspecified atom stereocenters. The van der Waals surface area contributed by atoms with E-state index >= 15 is 0 Å². The number of H-pyrrole nitrogens is 1. The van der Waals surface area contributed by atoms with E-state index in [1.807, 2.05) is 24.4 Å². The first kappa shape index (κ1) is 13.6. The number of benzene rings is 1. The van der Waals surface area contributed by atoms with Gasteiger partial charge in [0, 0.05) is 30.4 Å². The highest BCUT2D eigenvalue weighted by molar-refractivity contribution is 5.98. The van der Waals surface area contributed by atoms with Crippen molar-refractivity contribution in [3.63, 3.8) is 0 Å². The number of hydrogen-bond acceptors (Lipinski definition) is 3. The fraction of sp³-hybridized carbons (Fsp3) is 0.333. The minimum atomic E-state index is -0.915. The minimum Gasteiger partial charge on any atom is -0.481 e. The van der Waals surface area contributed by atoms with E-state index in [0.717, 1.165) is 10.9 Å². The van der Waals surface area contributed by atoms with Crippen LogP contribution in [0.2, 0.25) is 0 Å². The fourth-order valence-electron chi connectivity index (χ4n) is 2.59. The average molecular weight is 288 g/mol. The number of aliphatic carboxylic acids is 1. The third-order valence-corrected chi connectivity index (χ3v) is 3.63. The molecule has 110 valence electrons. The van der Waals surface area contributed by atoms with Crippen LogP contribution in [0.1, 0.15) is 16.8 Å². The third-order valence-electron chi connectivity index (χ3n) is 3.63. The average Bonchev–Trinajstić information content (AvgIpc) is 2.93. The van der Waals surface area contributed by atoms with Gasteiger partial charge >= 0.3 is 5.97 Å². The van der Waals surface area contributed by atoms with Crippen molar-refractivity contribution in [2.24, 2.45) is 0 Å². The number of carboxylic acid groups (broad SMARTS) is 1. The molecule has 0 aliphatic carbocycles. The second kappa shape index (κ2) is 5.57. The maximum Gasteiger partial charge on any atom is 0.306 e. The molecule has 1 amide bonds. The van der Waals surface area contributed by atoms with Crippen molar-refractivity contribution >= 4 is 22.8 Å². The molecule has 2 heterocycles. The number of aromatic nitrogens is 1. The summed E-state index contributed by atoms with van der Waals surface area (Å²) in [6, 6.07) is 7.45. The summed E-state index contributed by atoms with van der Waals surface area (Å²) in [5.41, 5.74) is 1.51. The number of aromatic amines is 1. The quantitative estimate of drug-likeness (QED) is 0.896. The largest absolute Gasteiger partial charge is 0.481 e. The topological polar surface area (TPSA) is 82.6 Å². The van der Waals surface area contributed by atoms with Gasteiger partial charge in [0.25, 0.3) is 5.91 Å². The van der Waals surface area contributed by atoms with Gasteiger partial charge in [-0.1, -0.05) is 6.07 Å². The first-order valence-electron chi connectivity index (χ1n) is 6.83. The fourth-order valence-corrected chi connectivity index (χ4v) is 2.59. The highest BCUT2D eigenvalue weighted by atomic mass is 16.5. The molecule has 1 aromatic carbocycles. The molecule has 1 aromatic heterocycles. The Morgan fingerprint density at radius 2 is 2.24 bits per heavy atom. The monoisotopic (exact) mass is 288 g/mol. The number of morpholine rings is 1. The van der Waals surface area contributed by atoms with E-state index in [9.17, 15) is 9.59 Å². The van der Waals surface area contributed by atoms with Crippen molar-refractivity contribution in [2.75, 3.05) is 19.7 Å². The predicted molar refractivity (Wildman–Crippen MR) is 76.2 cm³/mol. The summed E-state index contributed by atoms with van der Waals surface area (Å²) in [5.74, 6) is -1.01. The van der Waals surface area contributed by atoms with Crippen molar-refractivity contribution in [1.29, 1.82) is 0 Å². The van der Waals surface area contributed by atoms with Gasteiger partial charge in [-0.3, -0.25) is 9.59 Å². The van der Waals surface area contributed by atoms with Crippen LogP contribution >= 0.6 is 0 Å². The van der Waals surface area contributed by atoms with Crippen molar-refractivity contribution in [2.45, 2.75) is 12.5 Å². The molecule has 1 atom stereocenters. The summed E-state index contributed by atoms with van der Waals surface area (Å²) in [6.07, 6.45) is 1.31. The lowest BCUT2D eigenvalue weighted by atomic mass is 10.1. The second-order valence-electron chi connectivity index (χ2n) is 5.12. The van der Waals surface area contributed by atoms with Crippen LogP contribution in [-0.4, -0.2) is 52.7 Å². The first-order valence-corrected chi connectivity index (χ1v) is 6.83. The molecule has 6 heteroatoms. The zero-order valence-electron chi connectivity index (χ0n) is 11.4. The molecule has 0 radical (unpaired) electrons. The van der Waals surface area contributed by atoms with Gasteiger partial charge in [-0.05, 0) is 23.6 Å². The van der Waals surface area contributed by atoms with Crippen molar-refractivity contribution < 1.29 is 19.4 Å². The maximum atomic E-state index is 12.5. The van der Waals surface area contributed by atoms with Crippen LogP contribution in [0.5, 0.6) is 0 Å². The molecular formula is C15H16N2O4. The van der Waals surface area contributed by atoms with E-state index in [2.05, 4.69) is 4.98 Å². The summed E-state index contributed by atoms with van der Waals surface area (Å²) in [4.78, 5) is 28.0. The number of carbonyl (C=O) groups excluding carboxylic acids is 1. The Hall–Kier alpha value is -2.34. The Morgan fingerprint density at radius 3 is 3.05 bits per heavy atom. The van der Waals surface area contributed by atoms with Gasteiger partial charge in [0.05, 0.1) is 19.1 Å². The number of ether oxygens (including phenoxy) is 1. The summed E-state index contributed by atoms with van der Waals surface area (Å²) < 4.78 is 5.38. The second-order valence-corrected chi connectivity index (χ2v) is 5.12. The van der Waals surface area contributed by atoms with E-state index in [4.69, 9.17) is 9.84 Å². The Balaban J connectivity index is 1.75. The Kier molecular flexibility index (Phi) is 3.62. The van der Waals surface area contributed by atoms with Crippen LogP contribution in [0.4, 0.5) is 0 Å². The predicted octanol–water partition coefficient (Wildman–Crippen LogP) is 1.48. The zero-order chi connectivity index (χ0) is 14.8. The van der Waals surface area contributed by atoms with Crippen LogP contribution < -0.4 is 0 Å². The molecule has 1 aliphatic rings. The summed E-state index contributed by atoms with van der Waals surface area (Å²) in [6.45, 7) is 1.17. The lowest BCUT2D eigenvalue weighted by Crippen LogP contribution is -2.46. The van der Waals surface area contributed by atoms with E-state index in [-0.39, 0.29) is 12.3 Å².